The Morgan fingerprint density at radius 1 is 1.24 bits per heavy atom. The van der Waals surface area contributed by atoms with Crippen LogP contribution in [0.4, 0.5) is 8.78 Å². The number of Topliss-reactive ketones (excluding diaryl/α,β-unsaturated/α-hetero) is 1. The van der Waals surface area contributed by atoms with Crippen molar-refractivity contribution in [3.8, 4) is 0 Å². The van der Waals surface area contributed by atoms with E-state index >= 15 is 0 Å². The number of benzene rings is 1. The first kappa shape index (κ1) is 16.1. The molecule has 0 saturated heterocycles. The molecule has 21 heavy (non-hydrogen) atoms. The van der Waals surface area contributed by atoms with E-state index in [1.807, 2.05) is 14.0 Å². The number of likely N-dealkylation sites (N-methyl/N-ethyl adjacent to an activating group) is 1. The number of halogens is 2. The van der Waals surface area contributed by atoms with Crippen LogP contribution in [-0.4, -0.2) is 29.8 Å². The Morgan fingerprint density at radius 2 is 1.90 bits per heavy atom. The predicted octanol–water partition coefficient (Wildman–Crippen LogP) is 4.05. The van der Waals surface area contributed by atoms with Crippen LogP contribution in [0, 0.1) is 17.6 Å². The van der Waals surface area contributed by atoms with Crippen LogP contribution >= 0.6 is 0 Å². The average molecular weight is 295 g/mol. The van der Waals surface area contributed by atoms with Crippen molar-refractivity contribution >= 4 is 5.78 Å². The third-order valence-electron chi connectivity index (χ3n) is 4.78. The summed E-state index contributed by atoms with van der Waals surface area (Å²) in [5.74, 6) is -1.49. The SMILES string of the molecule is CC1CCCCC1N(C)C(C)C(=O)c1ccc(F)c(F)c1. The Balaban J connectivity index is 2.12. The summed E-state index contributed by atoms with van der Waals surface area (Å²) in [6.45, 7) is 4.06. The van der Waals surface area contributed by atoms with Gasteiger partial charge in [0.2, 0.25) is 0 Å². The van der Waals surface area contributed by atoms with Gasteiger partial charge >= 0.3 is 0 Å². The molecule has 2 rings (SSSR count). The summed E-state index contributed by atoms with van der Waals surface area (Å²) >= 11 is 0. The fourth-order valence-corrected chi connectivity index (χ4v) is 3.26. The monoisotopic (exact) mass is 295 g/mol. The highest BCUT2D eigenvalue weighted by molar-refractivity contribution is 5.99. The molecule has 0 radical (unpaired) electrons. The van der Waals surface area contributed by atoms with Gasteiger partial charge in [-0.15, -0.1) is 0 Å². The lowest BCUT2D eigenvalue weighted by Crippen LogP contribution is -2.47. The van der Waals surface area contributed by atoms with Crippen molar-refractivity contribution in [3.63, 3.8) is 0 Å². The van der Waals surface area contributed by atoms with Crippen LogP contribution in [-0.2, 0) is 0 Å². The first-order valence-electron chi connectivity index (χ1n) is 7.63. The van der Waals surface area contributed by atoms with E-state index in [0.29, 0.717) is 12.0 Å². The molecule has 3 atom stereocenters. The molecule has 3 unspecified atom stereocenters. The van der Waals surface area contributed by atoms with Crippen LogP contribution in [0.5, 0.6) is 0 Å². The van der Waals surface area contributed by atoms with E-state index in [0.717, 1.165) is 18.6 Å². The fraction of sp³-hybridized carbons (Fsp3) is 0.588. The third kappa shape index (κ3) is 3.49. The Labute approximate surface area is 125 Å². The summed E-state index contributed by atoms with van der Waals surface area (Å²) in [7, 11) is 1.95. The minimum Gasteiger partial charge on any atom is -0.293 e. The Morgan fingerprint density at radius 3 is 2.52 bits per heavy atom. The zero-order chi connectivity index (χ0) is 15.6. The number of hydrogen-bond acceptors (Lipinski definition) is 2. The lowest BCUT2D eigenvalue weighted by molar-refractivity contribution is 0.0691. The number of nitrogens with zero attached hydrogens (tertiary/aromatic N) is 1. The second kappa shape index (κ2) is 6.65. The minimum atomic E-state index is -0.971. The molecule has 0 heterocycles. The summed E-state index contributed by atoms with van der Waals surface area (Å²) in [6.07, 6.45) is 4.70. The zero-order valence-corrected chi connectivity index (χ0v) is 12.9. The number of hydrogen-bond donors (Lipinski definition) is 0. The van der Waals surface area contributed by atoms with Crippen LogP contribution in [0.3, 0.4) is 0 Å². The van der Waals surface area contributed by atoms with Gasteiger partial charge in [-0.1, -0.05) is 19.8 Å². The van der Waals surface area contributed by atoms with Gasteiger partial charge in [-0.2, -0.15) is 0 Å². The van der Waals surface area contributed by atoms with Crippen molar-refractivity contribution in [1.29, 1.82) is 0 Å². The van der Waals surface area contributed by atoms with Gasteiger partial charge in [0.25, 0.3) is 0 Å². The molecule has 4 heteroatoms. The third-order valence-corrected chi connectivity index (χ3v) is 4.78. The molecule has 1 aromatic rings. The Hall–Kier alpha value is -1.29. The molecule has 0 bridgehead atoms. The van der Waals surface area contributed by atoms with E-state index in [4.69, 9.17) is 0 Å². The molecule has 1 saturated carbocycles. The van der Waals surface area contributed by atoms with Gasteiger partial charge in [-0.3, -0.25) is 9.69 Å². The predicted molar refractivity (Wildman–Crippen MR) is 79.3 cm³/mol. The maximum Gasteiger partial charge on any atom is 0.179 e. The number of carbonyl (C=O) groups is 1. The second-order valence-electron chi connectivity index (χ2n) is 6.16. The minimum absolute atomic E-state index is 0.158. The van der Waals surface area contributed by atoms with Crippen LogP contribution in [0.2, 0.25) is 0 Å². The summed E-state index contributed by atoms with van der Waals surface area (Å²) in [4.78, 5) is 14.6. The molecule has 0 aromatic heterocycles. The zero-order valence-electron chi connectivity index (χ0n) is 12.9. The van der Waals surface area contributed by atoms with Gasteiger partial charge in [-0.05, 0) is 50.9 Å². The van der Waals surface area contributed by atoms with Crippen molar-refractivity contribution in [1.82, 2.24) is 4.90 Å². The molecule has 116 valence electrons. The highest BCUT2D eigenvalue weighted by Crippen LogP contribution is 2.29. The number of rotatable bonds is 4. The topological polar surface area (TPSA) is 20.3 Å². The molecular weight excluding hydrogens is 272 g/mol. The van der Waals surface area contributed by atoms with Crippen LogP contribution < -0.4 is 0 Å². The first-order valence-corrected chi connectivity index (χ1v) is 7.63. The van der Waals surface area contributed by atoms with E-state index in [9.17, 15) is 13.6 Å². The van der Waals surface area contributed by atoms with Crippen LogP contribution in [0.25, 0.3) is 0 Å². The fourth-order valence-electron chi connectivity index (χ4n) is 3.26. The Bertz CT molecular complexity index is 518. The highest BCUT2D eigenvalue weighted by atomic mass is 19.2. The summed E-state index contributed by atoms with van der Waals surface area (Å²) in [6, 6.07) is 3.41. The molecule has 0 aliphatic heterocycles. The summed E-state index contributed by atoms with van der Waals surface area (Å²) in [5.41, 5.74) is 0.233. The quantitative estimate of drug-likeness (QED) is 0.781. The van der Waals surface area contributed by atoms with Crippen LogP contribution in [0.1, 0.15) is 49.9 Å². The average Bonchev–Trinajstić information content (AvgIpc) is 2.48. The molecular formula is C17H23F2NO. The Kier molecular flexibility index (Phi) is 5.09. The number of ketones is 1. The molecule has 1 aliphatic rings. The number of carbonyl (C=O) groups excluding carboxylic acids is 1. The molecule has 0 N–H and O–H groups in total. The van der Waals surface area contributed by atoms with Crippen molar-refractivity contribution in [2.24, 2.45) is 5.92 Å². The highest BCUT2D eigenvalue weighted by Gasteiger charge is 2.30. The van der Waals surface area contributed by atoms with Crippen molar-refractivity contribution in [2.75, 3.05) is 7.05 Å². The normalized spacial score (nSPS) is 24.1. The smallest absolute Gasteiger partial charge is 0.179 e. The molecule has 1 aromatic carbocycles. The summed E-state index contributed by atoms with van der Waals surface area (Å²) in [5, 5.41) is 0. The molecule has 0 amide bonds. The molecule has 0 spiro atoms. The van der Waals surface area contributed by atoms with E-state index in [2.05, 4.69) is 11.8 Å². The van der Waals surface area contributed by atoms with E-state index < -0.39 is 11.6 Å². The van der Waals surface area contributed by atoms with Gasteiger partial charge in [0, 0.05) is 11.6 Å². The first-order chi connectivity index (χ1) is 9.91. The van der Waals surface area contributed by atoms with Gasteiger partial charge in [0.1, 0.15) is 0 Å². The molecule has 1 fully saturated rings. The van der Waals surface area contributed by atoms with Crippen molar-refractivity contribution < 1.29 is 13.6 Å². The second-order valence-corrected chi connectivity index (χ2v) is 6.16. The lowest BCUT2D eigenvalue weighted by Gasteiger charge is -2.39. The van der Waals surface area contributed by atoms with Crippen molar-refractivity contribution in [2.45, 2.75) is 51.6 Å². The maximum atomic E-state index is 13.3. The van der Waals surface area contributed by atoms with E-state index in [1.54, 1.807) is 0 Å². The van der Waals surface area contributed by atoms with Gasteiger partial charge in [-0.25, -0.2) is 8.78 Å². The van der Waals surface area contributed by atoms with Gasteiger partial charge in [0.15, 0.2) is 17.4 Å². The van der Waals surface area contributed by atoms with E-state index in [1.165, 1.54) is 25.3 Å². The lowest BCUT2D eigenvalue weighted by atomic mass is 9.84. The van der Waals surface area contributed by atoms with Crippen molar-refractivity contribution in [3.05, 3.63) is 35.4 Å². The van der Waals surface area contributed by atoms with Crippen LogP contribution in [0.15, 0.2) is 18.2 Å². The van der Waals surface area contributed by atoms with E-state index in [-0.39, 0.29) is 17.4 Å². The summed E-state index contributed by atoms with van der Waals surface area (Å²) < 4.78 is 26.2. The maximum absolute atomic E-state index is 13.3. The standard InChI is InChI=1S/C17H23F2NO/c1-11-6-4-5-7-16(11)20(3)12(2)17(21)13-8-9-14(18)15(19)10-13/h8-12,16H,4-7H2,1-3H3. The molecule has 2 nitrogen and oxygen atoms in total. The van der Waals surface area contributed by atoms with Gasteiger partial charge < -0.3 is 0 Å². The molecule has 1 aliphatic carbocycles. The van der Waals surface area contributed by atoms with Gasteiger partial charge in [0.05, 0.1) is 6.04 Å². The largest absolute Gasteiger partial charge is 0.293 e.